The van der Waals surface area contributed by atoms with E-state index >= 15 is 0 Å². The molecule has 1 aliphatic heterocycles. The van der Waals surface area contributed by atoms with Gasteiger partial charge in [0.15, 0.2) is 0 Å². The number of hydrogen-bond donors (Lipinski definition) is 0. The fraction of sp³-hybridized carbons (Fsp3) is 0.562. The first kappa shape index (κ1) is 14.7. The molecule has 0 saturated carbocycles. The summed E-state index contributed by atoms with van der Waals surface area (Å²) in [6.07, 6.45) is 2.42. The fourth-order valence-corrected chi connectivity index (χ4v) is 2.48. The molecule has 0 radical (unpaired) electrons. The Balaban J connectivity index is 1.90. The zero-order valence-electron chi connectivity index (χ0n) is 12.4. The van der Waals surface area contributed by atoms with Crippen LogP contribution >= 0.6 is 0 Å². The highest BCUT2D eigenvalue weighted by Crippen LogP contribution is 2.32. The zero-order valence-corrected chi connectivity index (χ0v) is 12.4. The van der Waals surface area contributed by atoms with Gasteiger partial charge in [-0.3, -0.25) is 4.79 Å². The molecule has 0 atom stereocenters. The predicted molar refractivity (Wildman–Crippen MR) is 78.3 cm³/mol. The van der Waals surface area contributed by atoms with Crippen molar-refractivity contribution in [3.05, 3.63) is 23.8 Å². The molecule has 1 aromatic rings. The van der Waals surface area contributed by atoms with E-state index in [2.05, 4.69) is 0 Å². The molecule has 0 unspecified atom stereocenters. The Bertz CT molecular complexity index is 455. The van der Waals surface area contributed by atoms with E-state index in [0.717, 1.165) is 49.6 Å². The zero-order chi connectivity index (χ0) is 14.4. The second-order valence-corrected chi connectivity index (χ2v) is 4.85. The largest absolute Gasteiger partial charge is 0.493 e. The van der Waals surface area contributed by atoms with Crippen LogP contribution in [0.25, 0.3) is 0 Å². The molecule has 1 heterocycles. The topological polar surface area (TPSA) is 38.8 Å². The van der Waals surface area contributed by atoms with E-state index in [1.807, 2.05) is 36.9 Å². The first-order chi connectivity index (χ1) is 9.76. The molecular formula is C16H23NO3. The maximum Gasteiger partial charge on any atom is 0.225 e. The maximum atomic E-state index is 11.9. The lowest BCUT2D eigenvalue weighted by Gasteiger charge is -2.21. The molecule has 0 aromatic heterocycles. The minimum absolute atomic E-state index is 0.149. The van der Waals surface area contributed by atoms with Gasteiger partial charge < -0.3 is 14.4 Å². The van der Waals surface area contributed by atoms with Crippen molar-refractivity contribution in [2.45, 2.75) is 33.1 Å². The molecule has 1 amide bonds. The summed E-state index contributed by atoms with van der Waals surface area (Å²) in [7, 11) is 0. The van der Waals surface area contributed by atoms with Crippen LogP contribution in [-0.4, -0.2) is 37.1 Å². The molecule has 0 spiro atoms. The molecule has 110 valence electrons. The molecule has 4 heteroatoms. The second-order valence-electron chi connectivity index (χ2n) is 4.85. The molecule has 1 aromatic carbocycles. The molecule has 0 N–H and O–H groups in total. The van der Waals surface area contributed by atoms with Crippen molar-refractivity contribution in [2.24, 2.45) is 0 Å². The minimum atomic E-state index is 0.149. The first-order valence-corrected chi connectivity index (χ1v) is 7.41. The van der Waals surface area contributed by atoms with Crippen LogP contribution < -0.4 is 9.47 Å². The number of carbonyl (C=O) groups is 1. The summed E-state index contributed by atoms with van der Waals surface area (Å²) >= 11 is 0. The number of benzene rings is 1. The maximum absolute atomic E-state index is 11.9. The number of ether oxygens (including phenoxy) is 2. The third-order valence-electron chi connectivity index (χ3n) is 3.61. The average molecular weight is 277 g/mol. The molecule has 0 saturated heterocycles. The van der Waals surface area contributed by atoms with E-state index in [1.54, 1.807) is 0 Å². The number of rotatable bonds is 6. The van der Waals surface area contributed by atoms with Crippen molar-refractivity contribution >= 4 is 5.91 Å². The van der Waals surface area contributed by atoms with Crippen LogP contribution in [0.3, 0.4) is 0 Å². The Kier molecular flexibility index (Phi) is 5.27. The third-order valence-corrected chi connectivity index (χ3v) is 3.61. The van der Waals surface area contributed by atoms with Crippen LogP contribution in [0.4, 0.5) is 0 Å². The SMILES string of the molecule is CCN(CC)C(=O)CCOc1cccc2c1CCCO2. The highest BCUT2D eigenvalue weighted by atomic mass is 16.5. The van der Waals surface area contributed by atoms with E-state index in [9.17, 15) is 4.79 Å². The van der Waals surface area contributed by atoms with Crippen molar-refractivity contribution in [2.75, 3.05) is 26.3 Å². The first-order valence-electron chi connectivity index (χ1n) is 7.41. The van der Waals surface area contributed by atoms with Gasteiger partial charge in [-0.15, -0.1) is 0 Å². The number of carbonyl (C=O) groups excluding carboxylic acids is 1. The summed E-state index contributed by atoms with van der Waals surface area (Å²) in [5.74, 6) is 1.93. The van der Waals surface area contributed by atoms with E-state index in [-0.39, 0.29) is 5.91 Å². The lowest BCUT2D eigenvalue weighted by atomic mass is 10.1. The fourth-order valence-electron chi connectivity index (χ4n) is 2.48. The third kappa shape index (κ3) is 3.44. The minimum Gasteiger partial charge on any atom is -0.493 e. The van der Waals surface area contributed by atoms with Gasteiger partial charge in [-0.2, -0.15) is 0 Å². The molecule has 2 rings (SSSR count). The average Bonchev–Trinajstić information content (AvgIpc) is 2.49. The van der Waals surface area contributed by atoms with Gasteiger partial charge in [0.1, 0.15) is 11.5 Å². The molecule has 4 nitrogen and oxygen atoms in total. The van der Waals surface area contributed by atoms with Gasteiger partial charge in [-0.05, 0) is 38.8 Å². The van der Waals surface area contributed by atoms with Gasteiger partial charge in [0.25, 0.3) is 0 Å². The van der Waals surface area contributed by atoms with Gasteiger partial charge in [-0.1, -0.05) is 6.07 Å². The van der Waals surface area contributed by atoms with Crippen LogP contribution in [0.2, 0.25) is 0 Å². The molecule has 0 bridgehead atoms. The van der Waals surface area contributed by atoms with E-state index in [4.69, 9.17) is 9.47 Å². The number of amides is 1. The van der Waals surface area contributed by atoms with Crippen LogP contribution in [0.5, 0.6) is 11.5 Å². The lowest BCUT2D eigenvalue weighted by molar-refractivity contribution is -0.131. The number of hydrogen-bond acceptors (Lipinski definition) is 3. The molecular weight excluding hydrogens is 254 g/mol. The summed E-state index contributed by atoms with van der Waals surface area (Å²) in [5.41, 5.74) is 1.13. The van der Waals surface area contributed by atoms with E-state index in [1.165, 1.54) is 0 Å². The molecule has 0 aliphatic carbocycles. The highest BCUT2D eigenvalue weighted by molar-refractivity contribution is 5.76. The van der Waals surface area contributed by atoms with Crippen molar-refractivity contribution in [3.8, 4) is 11.5 Å². The Morgan fingerprint density at radius 3 is 2.90 bits per heavy atom. The van der Waals surface area contributed by atoms with Gasteiger partial charge in [0.2, 0.25) is 5.91 Å². The highest BCUT2D eigenvalue weighted by Gasteiger charge is 2.15. The monoisotopic (exact) mass is 277 g/mol. The summed E-state index contributed by atoms with van der Waals surface area (Å²) in [6, 6.07) is 5.86. The van der Waals surface area contributed by atoms with Gasteiger partial charge >= 0.3 is 0 Å². The van der Waals surface area contributed by atoms with Crippen molar-refractivity contribution in [3.63, 3.8) is 0 Å². The van der Waals surface area contributed by atoms with Crippen molar-refractivity contribution in [1.82, 2.24) is 4.90 Å². The number of fused-ring (bicyclic) bond motifs is 1. The Labute approximate surface area is 120 Å². The Morgan fingerprint density at radius 2 is 2.15 bits per heavy atom. The summed E-state index contributed by atoms with van der Waals surface area (Å²) in [6.45, 7) is 6.69. The predicted octanol–water partition coefficient (Wildman–Crippen LogP) is 2.65. The Hall–Kier alpha value is -1.71. The van der Waals surface area contributed by atoms with Gasteiger partial charge in [0.05, 0.1) is 19.6 Å². The van der Waals surface area contributed by atoms with Crippen LogP contribution in [0.1, 0.15) is 32.3 Å². The molecule has 0 fully saturated rings. The number of nitrogens with zero attached hydrogens (tertiary/aromatic N) is 1. The summed E-state index contributed by atoms with van der Waals surface area (Å²) < 4.78 is 11.4. The van der Waals surface area contributed by atoms with Gasteiger partial charge in [0, 0.05) is 18.7 Å². The van der Waals surface area contributed by atoms with Crippen LogP contribution in [0.15, 0.2) is 18.2 Å². The van der Waals surface area contributed by atoms with Crippen molar-refractivity contribution < 1.29 is 14.3 Å². The van der Waals surface area contributed by atoms with Crippen LogP contribution in [0, 0.1) is 0 Å². The van der Waals surface area contributed by atoms with Gasteiger partial charge in [-0.25, -0.2) is 0 Å². The van der Waals surface area contributed by atoms with E-state index < -0.39 is 0 Å². The second kappa shape index (κ2) is 7.17. The lowest BCUT2D eigenvalue weighted by Crippen LogP contribution is -2.31. The smallest absolute Gasteiger partial charge is 0.225 e. The molecule has 20 heavy (non-hydrogen) atoms. The quantitative estimate of drug-likeness (QED) is 0.802. The Morgan fingerprint density at radius 1 is 1.35 bits per heavy atom. The van der Waals surface area contributed by atoms with E-state index in [0.29, 0.717) is 13.0 Å². The molecule has 1 aliphatic rings. The standard InChI is InChI=1S/C16H23NO3/c1-3-17(4-2)16(18)10-12-20-15-9-5-8-14-13(15)7-6-11-19-14/h5,8-9H,3-4,6-7,10-12H2,1-2H3. The van der Waals surface area contributed by atoms with Crippen molar-refractivity contribution in [1.29, 1.82) is 0 Å². The summed E-state index contributed by atoms with van der Waals surface area (Å²) in [4.78, 5) is 13.7. The normalized spacial score (nSPS) is 13.3. The summed E-state index contributed by atoms with van der Waals surface area (Å²) in [5, 5.41) is 0. The van der Waals surface area contributed by atoms with Crippen LogP contribution in [-0.2, 0) is 11.2 Å².